The monoisotopic (exact) mass is 688 g/mol. The van der Waals surface area contributed by atoms with Crippen LogP contribution in [0.2, 0.25) is 0 Å². The molecule has 4 nitrogen and oxygen atoms in total. The molecule has 252 valence electrons. The van der Waals surface area contributed by atoms with Gasteiger partial charge in [0, 0.05) is 32.8 Å². The molecule has 0 saturated heterocycles. The van der Waals surface area contributed by atoms with E-state index in [2.05, 4.69) is 179 Å². The lowest BCUT2D eigenvalue weighted by Crippen LogP contribution is -2.03. The molecular formula is C50H32N4. The Morgan fingerprint density at radius 1 is 0.296 bits per heavy atom. The van der Waals surface area contributed by atoms with Crippen LogP contribution in [0.3, 0.4) is 0 Å². The van der Waals surface area contributed by atoms with Crippen LogP contribution in [0.1, 0.15) is 0 Å². The lowest BCUT2D eigenvalue weighted by Gasteiger charge is -2.14. The van der Waals surface area contributed by atoms with Gasteiger partial charge in [0.15, 0.2) is 5.82 Å². The Bertz CT molecular complexity index is 3210. The highest BCUT2D eigenvalue weighted by molar-refractivity contribution is 6.13. The molecule has 0 N–H and O–H groups in total. The summed E-state index contributed by atoms with van der Waals surface area (Å²) in [6, 6.07) is 69.0. The van der Waals surface area contributed by atoms with Crippen molar-refractivity contribution in [2.45, 2.75) is 0 Å². The van der Waals surface area contributed by atoms with Gasteiger partial charge in [-0.3, -0.25) is 4.57 Å². The van der Waals surface area contributed by atoms with E-state index in [-0.39, 0.29) is 0 Å². The molecular weight excluding hydrogens is 657 g/mol. The highest BCUT2D eigenvalue weighted by Crippen LogP contribution is 2.40. The summed E-state index contributed by atoms with van der Waals surface area (Å²) in [4.78, 5) is 10.7. The molecule has 0 bridgehead atoms. The van der Waals surface area contributed by atoms with Crippen molar-refractivity contribution in [3.8, 4) is 45.0 Å². The van der Waals surface area contributed by atoms with Gasteiger partial charge < -0.3 is 4.57 Å². The Balaban J connectivity index is 1.12. The zero-order chi connectivity index (χ0) is 35.6. The van der Waals surface area contributed by atoms with Crippen LogP contribution in [-0.4, -0.2) is 19.1 Å². The van der Waals surface area contributed by atoms with Crippen molar-refractivity contribution in [1.29, 1.82) is 0 Å². The maximum absolute atomic E-state index is 5.37. The summed E-state index contributed by atoms with van der Waals surface area (Å²) in [5, 5.41) is 4.84. The van der Waals surface area contributed by atoms with Crippen LogP contribution < -0.4 is 0 Å². The first-order chi connectivity index (χ1) is 26.8. The van der Waals surface area contributed by atoms with Crippen LogP contribution in [0.4, 0.5) is 0 Å². The first kappa shape index (κ1) is 30.3. The standard InChI is InChI=1S/C50H32N4/c1-3-14-33(15-4-1)34-16-13-17-37(30-34)49-50(52-44-23-10-9-22-43(44)51-49)54-46-25-12-8-21-40(46)42-32-36(27-29-48(42)54)35-26-28-47-41(31-35)39-20-7-11-24-45(39)53(47)38-18-5-2-6-19-38/h1-32H. The summed E-state index contributed by atoms with van der Waals surface area (Å²) >= 11 is 0. The van der Waals surface area contributed by atoms with Gasteiger partial charge in [-0.05, 0) is 89.0 Å². The predicted molar refractivity (Wildman–Crippen MR) is 225 cm³/mol. The molecule has 3 aromatic heterocycles. The fraction of sp³-hybridized carbons (Fsp3) is 0. The first-order valence-electron chi connectivity index (χ1n) is 18.3. The number of aromatic nitrogens is 4. The fourth-order valence-electron chi connectivity index (χ4n) is 8.21. The Hall–Kier alpha value is -7.30. The zero-order valence-electron chi connectivity index (χ0n) is 29.3. The summed E-state index contributed by atoms with van der Waals surface area (Å²) in [5.74, 6) is 0.813. The number of benzene rings is 8. The largest absolute Gasteiger partial charge is 0.309 e. The van der Waals surface area contributed by atoms with Crippen molar-refractivity contribution in [1.82, 2.24) is 19.1 Å². The van der Waals surface area contributed by atoms with Gasteiger partial charge in [-0.25, -0.2) is 9.97 Å². The minimum Gasteiger partial charge on any atom is -0.309 e. The molecule has 0 saturated carbocycles. The lowest BCUT2D eigenvalue weighted by atomic mass is 10.0. The maximum Gasteiger partial charge on any atom is 0.165 e. The highest BCUT2D eigenvalue weighted by atomic mass is 15.1. The van der Waals surface area contributed by atoms with Crippen molar-refractivity contribution in [3.05, 3.63) is 194 Å². The molecule has 0 aliphatic heterocycles. The average Bonchev–Trinajstić information content (AvgIpc) is 3.76. The number of hydrogen-bond acceptors (Lipinski definition) is 2. The SMILES string of the molecule is c1ccc(-c2cccc(-c3nc4ccccc4nc3-n3c4ccccc4c4cc(-c5ccc6c(c5)c5ccccc5n6-c5ccccc5)ccc43)c2)cc1. The summed E-state index contributed by atoms with van der Waals surface area (Å²) in [5.41, 5.74) is 14.0. The molecule has 0 unspecified atom stereocenters. The van der Waals surface area contributed by atoms with Crippen LogP contribution in [0, 0.1) is 0 Å². The van der Waals surface area contributed by atoms with E-state index in [1.54, 1.807) is 0 Å². The first-order valence-corrected chi connectivity index (χ1v) is 18.3. The minimum absolute atomic E-state index is 0.813. The van der Waals surface area contributed by atoms with Crippen molar-refractivity contribution < 1.29 is 0 Å². The molecule has 3 heterocycles. The average molecular weight is 689 g/mol. The van der Waals surface area contributed by atoms with Gasteiger partial charge in [0.2, 0.25) is 0 Å². The molecule has 0 aliphatic carbocycles. The zero-order valence-corrected chi connectivity index (χ0v) is 29.3. The molecule has 4 heteroatoms. The maximum atomic E-state index is 5.37. The fourth-order valence-corrected chi connectivity index (χ4v) is 8.21. The van der Waals surface area contributed by atoms with Gasteiger partial charge in [-0.1, -0.05) is 127 Å². The van der Waals surface area contributed by atoms with E-state index in [1.165, 1.54) is 49.3 Å². The topological polar surface area (TPSA) is 35.6 Å². The van der Waals surface area contributed by atoms with Crippen molar-refractivity contribution in [2.75, 3.05) is 0 Å². The Morgan fingerprint density at radius 2 is 0.778 bits per heavy atom. The molecule has 8 aromatic carbocycles. The van der Waals surface area contributed by atoms with Crippen LogP contribution in [0.25, 0.3) is 99.7 Å². The van der Waals surface area contributed by atoms with Gasteiger partial charge >= 0.3 is 0 Å². The number of rotatable bonds is 5. The molecule has 11 aromatic rings. The van der Waals surface area contributed by atoms with E-state index in [0.717, 1.165) is 50.4 Å². The normalized spacial score (nSPS) is 11.7. The van der Waals surface area contributed by atoms with E-state index in [1.807, 2.05) is 24.3 Å². The third-order valence-corrected chi connectivity index (χ3v) is 10.7. The Morgan fingerprint density at radius 3 is 1.46 bits per heavy atom. The van der Waals surface area contributed by atoms with Crippen molar-refractivity contribution >= 4 is 54.6 Å². The molecule has 0 radical (unpaired) electrons. The summed E-state index contributed by atoms with van der Waals surface area (Å²) in [6.45, 7) is 0. The predicted octanol–water partition coefficient (Wildman–Crippen LogP) is 12.8. The lowest BCUT2D eigenvalue weighted by molar-refractivity contribution is 1.08. The molecule has 0 spiro atoms. The van der Waals surface area contributed by atoms with Gasteiger partial charge in [0.25, 0.3) is 0 Å². The van der Waals surface area contributed by atoms with E-state index >= 15 is 0 Å². The van der Waals surface area contributed by atoms with E-state index < -0.39 is 0 Å². The Labute approximate surface area is 311 Å². The van der Waals surface area contributed by atoms with Crippen LogP contribution >= 0.6 is 0 Å². The highest BCUT2D eigenvalue weighted by Gasteiger charge is 2.20. The second-order valence-electron chi connectivity index (χ2n) is 13.8. The minimum atomic E-state index is 0.813. The van der Waals surface area contributed by atoms with Crippen molar-refractivity contribution in [2.24, 2.45) is 0 Å². The number of nitrogens with zero attached hydrogens (tertiary/aromatic N) is 4. The van der Waals surface area contributed by atoms with Gasteiger partial charge in [-0.15, -0.1) is 0 Å². The second kappa shape index (κ2) is 12.1. The van der Waals surface area contributed by atoms with E-state index in [0.29, 0.717) is 0 Å². The van der Waals surface area contributed by atoms with Gasteiger partial charge in [-0.2, -0.15) is 0 Å². The number of para-hydroxylation sites is 5. The smallest absolute Gasteiger partial charge is 0.165 e. The Kier molecular flexibility index (Phi) is 6.82. The molecule has 11 rings (SSSR count). The van der Waals surface area contributed by atoms with E-state index in [9.17, 15) is 0 Å². The third-order valence-electron chi connectivity index (χ3n) is 10.7. The van der Waals surface area contributed by atoms with Crippen molar-refractivity contribution in [3.63, 3.8) is 0 Å². The van der Waals surface area contributed by atoms with Gasteiger partial charge in [0.05, 0.1) is 33.1 Å². The number of hydrogen-bond donors (Lipinski definition) is 0. The van der Waals surface area contributed by atoms with E-state index in [4.69, 9.17) is 9.97 Å². The molecule has 0 aliphatic rings. The van der Waals surface area contributed by atoms with Crippen LogP contribution in [-0.2, 0) is 0 Å². The molecule has 0 atom stereocenters. The third kappa shape index (κ3) is 4.78. The summed E-state index contributed by atoms with van der Waals surface area (Å²) < 4.78 is 4.66. The molecule has 0 fully saturated rings. The second-order valence-corrected chi connectivity index (χ2v) is 13.8. The summed E-state index contributed by atoms with van der Waals surface area (Å²) in [6.07, 6.45) is 0. The number of fused-ring (bicyclic) bond motifs is 7. The quantitative estimate of drug-likeness (QED) is 0.180. The van der Waals surface area contributed by atoms with Crippen LogP contribution in [0.5, 0.6) is 0 Å². The van der Waals surface area contributed by atoms with Gasteiger partial charge in [0.1, 0.15) is 5.69 Å². The van der Waals surface area contributed by atoms with Crippen LogP contribution in [0.15, 0.2) is 194 Å². The molecule has 0 amide bonds. The summed E-state index contributed by atoms with van der Waals surface area (Å²) in [7, 11) is 0. The molecule has 54 heavy (non-hydrogen) atoms.